The van der Waals surface area contributed by atoms with Crippen molar-refractivity contribution < 1.29 is 19.3 Å². The molecule has 4 rings (SSSR count). The van der Waals surface area contributed by atoms with Crippen LogP contribution < -0.4 is 9.46 Å². The van der Waals surface area contributed by atoms with Crippen molar-refractivity contribution in [2.75, 3.05) is 0 Å². The van der Waals surface area contributed by atoms with Crippen LogP contribution in [0.1, 0.15) is 11.1 Å². The lowest BCUT2D eigenvalue weighted by molar-refractivity contribution is -0.577. The van der Waals surface area contributed by atoms with Crippen LogP contribution in [-0.4, -0.2) is 9.85 Å². The van der Waals surface area contributed by atoms with Crippen LogP contribution in [0.4, 0.5) is 11.4 Å². The lowest BCUT2D eigenvalue weighted by atomic mass is 10.1. The van der Waals surface area contributed by atoms with Crippen molar-refractivity contribution >= 4 is 54.8 Å². The number of nitrogens with zero attached hydrogens (tertiary/aromatic N) is 4. The molecule has 2 aromatic heterocycles. The fourth-order valence-electron chi connectivity index (χ4n) is 3.37. The maximum atomic E-state index is 12.2. The summed E-state index contributed by atoms with van der Waals surface area (Å²) in [5, 5.41) is 48.0. The van der Waals surface area contributed by atoms with E-state index in [0.717, 1.165) is 0 Å². The van der Waals surface area contributed by atoms with Crippen LogP contribution in [0.15, 0.2) is 58.6 Å². The third kappa shape index (κ3) is 3.74. The van der Waals surface area contributed by atoms with Crippen LogP contribution in [-0.2, 0) is 0 Å². The highest BCUT2D eigenvalue weighted by molar-refractivity contribution is 8.76. The van der Waals surface area contributed by atoms with Gasteiger partial charge in [-0.3, -0.25) is 20.2 Å². The number of pyridine rings is 2. The van der Waals surface area contributed by atoms with Crippen LogP contribution >= 0.6 is 21.6 Å². The molecule has 0 aliphatic rings. The molecule has 0 saturated carbocycles. The molecule has 0 N–H and O–H groups in total. The second-order valence-electron chi connectivity index (χ2n) is 7.00. The summed E-state index contributed by atoms with van der Waals surface area (Å²) < 4.78 is 1.16. The van der Waals surface area contributed by atoms with Gasteiger partial charge in [-0.2, -0.15) is 9.46 Å². The number of benzene rings is 2. The number of hydrogen-bond donors (Lipinski definition) is 0. The van der Waals surface area contributed by atoms with Crippen molar-refractivity contribution in [3.05, 3.63) is 90.6 Å². The summed E-state index contributed by atoms with van der Waals surface area (Å²) in [4.78, 5) is 22.8. The van der Waals surface area contributed by atoms with Gasteiger partial charge in [-0.25, -0.2) is 0 Å². The quantitative estimate of drug-likeness (QED) is 0.137. The van der Waals surface area contributed by atoms with Gasteiger partial charge in [0, 0.05) is 33.1 Å². The third-order valence-corrected chi connectivity index (χ3v) is 7.45. The van der Waals surface area contributed by atoms with E-state index < -0.39 is 9.85 Å². The molecular weight excluding hydrogens is 456 g/mol. The van der Waals surface area contributed by atoms with E-state index in [0.29, 0.717) is 41.2 Å². The zero-order chi connectivity index (χ0) is 23.2. The smallest absolute Gasteiger partial charge is 0.279 e. The third-order valence-electron chi connectivity index (χ3n) is 4.97. The number of aryl methyl sites for hydroxylation is 2. The average Bonchev–Trinajstić information content (AvgIpc) is 2.73. The predicted molar refractivity (Wildman–Crippen MR) is 120 cm³/mol. The molecule has 32 heavy (non-hydrogen) atoms. The number of nitro benzene ring substituents is 2. The highest BCUT2D eigenvalue weighted by Crippen LogP contribution is 2.43. The maximum Gasteiger partial charge on any atom is 0.279 e. The van der Waals surface area contributed by atoms with Crippen LogP contribution in [0.5, 0.6) is 0 Å². The van der Waals surface area contributed by atoms with Crippen molar-refractivity contribution in [2.45, 2.75) is 23.6 Å². The van der Waals surface area contributed by atoms with Crippen LogP contribution in [0.2, 0.25) is 0 Å². The first-order chi connectivity index (χ1) is 15.2. The molecule has 4 aromatic rings. The second kappa shape index (κ2) is 8.13. The van der Waals surface area contributed by atoms with Crippen molar-refractivity contribution in [3.63, 3.8) is 0 Å². The van der Waals surface area contributed by atoms with Gasteiger partial charge in [-0.1, -0.05) is 21.6 Å². The van der Waals surface area contributed by atoms with Crippen LogP contribution in [0.3, 0.4) is 0 Å². The minimum atomic E-state index is -0.529. The van der Waals surface area contributed by atoms with Crippen LogP contribution in [0, 0.1) is 44.5 Å². The van der Waals surface area contributed by atoms with Gasteiger partial charge in [0.1, 0.15) is 0 Å². The van der Waals surface area contributed by atoms with E-state index in [1.807, 2.05) is 0 Å². The maximum absolute atomic E-state index is 12.2. The lowest BCUT2D eigenvalue weighted by Crippen LogP contribution is -2.26. The molecule has 0 saturated heterocycles. The van der Waals surface area contributed by atoms with E-state index in [9.17, 15) is 30.6 Å². The Balaban J connectivity index is 1.77. The largest absolute Gasteiger partial charge is 0.618 e. The molecule has 0 bridgehead atoms. The van der Waals surface area contributed by atoms with E-state index in [1.54, 1.807) is 38.1 Å². The minimum absolute atomic E-state index is 0.136. The molecule has 0 radical (unpaired) electrons. The van der Waals surface area contributed by atoms with Crippen LogP contribution in [0.25, 0.3) is 21.8 Å². The molecule has 0 amide bonds. The topological polar surface area (TPSA) is 140 Å². The molecule has 0 aliphatic carbocycles. The SMILES string of the molecule is Cc1cc2c(SSc3cc[n+]([O-])c4cc([N+](=O)[O-])c(C)cc34)cc[n+]([O-])c2cc1[N+](=O)[O-]. The zero-order valence-electron chi connectivity index (χ0n) is 16.7. The fraction of sp³-hybridized carbons (Fsp3) is 0.100. The van der Waals surface area contributed by atoms with Crippen molar-refractivity contribution in [3.8, 4) is 0 Å². The molecule has 0 atom stereocenters. The van der Waals surface area contributed by atoms with Gasteiger partial charge in [0.25, 0.3) is 11.4 Å². The Morgan fingerprint density at radius 3 is 1.44 bits per heavy atom. The van der Waals surface area contributed by atoms with Gasteiger partial charge >= 0.3 is 0 Å². The van der Waals surface area contributed by atoms with Gasteiger partial charge in [0.15, 0.2) is 12.4 Å². The monoisotopic (exact) mass is 470 g/mol. The Kier molecular flexibility index (Phi) is 5.48. The Hall–Kier alpha value is -3.64. The second-order valence-corrected chi connectivity index (χ2v) is 9.22. The van der Waals surface area contributed by atoms with E-state index in [-0.39, 0.29) is 22.4 Å². The molecule has 2 aromatic carbocycles. The Bertz CT molecular complexity index is 1330. The normalized spacial score (nSPS) is 11.2. The van der Waals surface area contributed by atoms with Gasteiger partial charge < -0.3 is 10.4 Å². The number of aromatic nitrogens is 2. The lowest BCUT2D eigenvalue weighted by Gasteiger charge is -2.10. The number of rotatable bonds is 5. The van der Waals surface area contributed by atoms with E-state index in [1.165, 1.54) is 46.1 Å². The summed E-state index contributed by atoms with van der Waals surface area (Å²) in [6.07, 6.45) is 2.57. The molecule has 162 valence electrons. The fourth-order valence-corrected chi connectivity index (χ4v) is 5.70. The molecule has 12 heteroatoms. The number of nitro groups is 2. The summed E-state index contributed by atoms with van der Waals surface area (Å²) >= 11 is 0. The zero-order valence-corrected chi connectivity index (χ0v) is 18.3. The van der Waals surface area contributed by atoms with E-state index >= 15 is 0 Å². The predicted octanol–water partition coefficient (Wildman–Crippen LogP) is 4.49. The van der Waals surface area contributed by atoms with Gasteiger partial charge in [-0.15, -0.1) is 0 Å². The summed E-state index contributed by atoms with van der Waals surface area (Å²) in [5.74, 6) is 0. The first kappa shape index (κ1) is 21.6. The Morgan fingerprint density at radius 1 is 0.719 bits per heavy atom. The highest BCUT2D eigenvalue weighted by atomic mass is 33.1. The van der Waals surface area contributed by atoms with Crippen molar-refractivity contribution in [1.29, 1.82) is 0 Å². The highest BCUT2D eigenvalue weighted by Gasteiger charge is 2.21. The summed E-state index contributed by atoms with van der Waals surface area (Å²) in [6.45, 7) is 3.21. The molecule has 0 fully saturated rings. The molecular formula is C20H14N4O6S2. The number of fused-ring (bicyclic) bond motifs is 2. The van der Waals surface area contributed by atoms with Crippen molar-refractivity contribution in [1.82, 2.24) is 0 Å². The molecule has 0 spiro atoms. The molecule has 0 aliphatic heterocycles. The van der Waals surface area contributed by atoms with E-state index in [2.05, 4.69) is 0 Å². The first-order valence-electron chi connectivity index (χ1n) is 9.13. The minimum Gasteiger partial charge on any atom is -0.618 e. The van der Waals surface area contributed by atoms with E-state index in [4.69, 9.17) is 0 Å². The number of hydrogen-bond acceptors (Lipinski definition) is 8. The van der Waals surface area contributed by atoms with Gasteiger partial charge in [0.05, 0.1) is 32.8 Å². The molecule has 10 nitrogen and oxygen atoms in total. The molecule has 2 heterocycles. The molecule has 0 unspecified atom stereocenters. The first-order valence-corrected chi connectivity index (χ1v) is 11.3. The Morgan fingerprint density at radius 2 is 1.09 bits per heavy atom. The van der Waals surface area contributed by atoms with Gasteiger partial charge in [0.2, 0.25) is 11.0 Å². The summed E-state index contributed by atoms with van der Waals surface area (Å²) in [7, 11) is 2.64. The van der Waals surface area contributed by atoms with Gasteiger partial charge in [-0.05, 0) is 26.0 Å². The Labute approximate surface area is 188 Å². The summed E-state index contributed by atoms with van der Waals surface area (Å²) in [5.41, 5.74) is 0.942. The van der Waals surface area contributed by atoms with Crippen molar-refractivity contribution in [2.24, 2.45) is 0 Å². The summed E-state index contributed by atoms with van der Waals surface area (Å²) in [6, 6.07) is 8.96. The standard InChI is InChI=1S/C20H14N4O6S2/c1-11-7-13-17(9-15(11)23(27)28)21(25)5-3-19(13)31-32-20-4-6-22(26)18-10-16(24(29)30)12(2)8-14(18)20/h3-10H,1-2H3. The average molecular weight is 470 g/mol.